The molecule has 0 spiro atoms. The Kier molecular flexibility index (Phi) is 7.77. The Morgan fingerprint density at radius 2 is 1.97 bits per heavy atom. The first-order valence-corrected chi connectivity index (χ1v) is 11.7. The number of likely N-dealkylation sites (tertiary alicyclic amines) is 1. The minimum atomic E-state index is -0.0300. The maximum Gasteiger partial charge on any atom is 0.317 e. The van der Waals surface area contributed by atoms with Crippen LogP contribution in [0.3, 0.4) is 0 Å². The van der Waals surface area contributed by atoms with E-state index in [0.29, 0.717) is 44.7 Å². The molecule has 1 atom stereocenters. The van der Waals surface area contributed by atoms with Gasteiger partial charge in [0.2, 0.25) is 11.8 Å². The molecular weight excluding hydrogens is 424 g/mol. The Hall–Kier alpha value is -2.72. The van der Waals surface area contributed by atoms with Gasteiger partial charge in [0, 0.05) is 64.1 Å². The number of ether oxygens (including phenoxy) is 3. The number of pyridine rings is 1. The summed E-state index contributed by atoms with van der Waals surface area (Å²) >= 11 is 0. The van der Waals surface area contributed by atoms with Gasteiger partial charge in [-0.1, -0.05) is 0 Å². The van der Waals surface area contributed by atoms with Gasteiger partial charge in [-0.25, -0.2) is 19.7 Å². The number of methoxy groups -OCH3 is 1. The number of rotatable bonds is 7. The molecule has 2 fully saturated rings. The molecule has 2 aromatic heterocycles. The maximum atomic E-state index is 12.0. The summed E-state index contributed by atoms with van der Waals surface area (Å²) in [5, 5.41) is 6.84. The van der Waals surface area contributed by atoms with Gasteiger partial charge in [-0.2, -0.15) is 0 Å². The van der Waals surface area contributed by atoms with Crippen LogP contribution < -0.4 is 15.4 Å². The van der Waals surface area contributed by atoms with E-state index in [2.05, 4.69) is 15.6 Å². The molecule has 0 aliphatic carbocycles. The van der Waals surface area contributed by atoms with Gasteiger partial charge in [0.05, 0.1) is 30.7 Å². The Morgan fingerprint density at radius 1 is 1.21 bits per heavy atom. The van der Waals surface area contributed by atoms with Crippen molar-refractivity contribution in [3.05, 3.63) is 18.0 Å². The fourth-order valence-corrected chi connectivity index (χ4v) is 4.49. The fraction of sp³-hybridized carbons (Fsp3) is 0.652. The minimum Gasteiger partial charge on any atom is -0.474 e. The Morgan fingerprint density at radius 3 is 2.67 bits per heavy atom. The van der Waals surface area contributed by atoms with E-state index in [-0.39, 0.29) is 24.1 Å². The molecule has 2 N–H and O–H groups in total. The van der Waals surface area contributed by atoms with Crippen molar-refractivity contribution in [1.29, 1.82) is 0 Å². The fourth-order valence-electron chi connectivity index (χ4n) is 4.49. The van der Waals surface area contributed by atoms with Gasteiger partial charge in [0.25, 0.3) is 0 Å². The molecule has 0 aromatic carbocycles. The third-order valence-corrected chi connectivity index (χ3v) is 6.29. The SMILES string of the molecule is CNC(=O)N1CCC(c2cnc(OC3CCOCC3)c3cnc(N[C@@H](C)COC)nc23)CC1. The van der Waals surface area contributed by atoms with Crippen molar-refractivity contribution < 1.29 is 19.0 Å². The lowest BCUT2D eigenvalue weighted by Gasteiger charge is -2.32. The molecule has 10 heteroatoms. The molecule has 2 aliphatic rings. The standard InChI is InChI=1S/C23H34N6O4/c1-15(14-31-3)27-22-26-13-19-20(28-22)18(16-4-8-29(9-5-16)23(30)24-2)12-25-21(19)33-17-6-10-32-11-7-17/h12-13,15-17H,4-11,14H2,1-3H3,(H,24,30)(H,26,27,28)/t15-/m0/s1. The summed E-state index contributed by atoms with van der Waals surface area (Å²) < 4.78 is 16.9. The van der Waals surface area contributed by atoms with E-state index in [1.807, 2.05) is 18.0 Å². The number of hydrogen-bond donors (Lipinski definition) is 2. The smallest absolute Gasteiger partial charge is 0.317 e. The van der Waals surface area contributed by atoms with Gasteiger partial charge in [0.1, 0.15) is 6.10 Å². The second kappa shape index (κ2) is 10.9. The molecule has 2 aromatic rings. The summed E-state index contributed by atoms with van der Waals surface area (Å²) in [6.07, 6.45) is 7.18. The highest BCUT2D eigenvalue weighted by atomic mass is 16.5. The van der Waals surface area contributed by atoms with E-state index >= 15 is 0 Å². The predicted molar refractivity (Wildman–Crippen MR) is 125 cm³/mol. The summed E-state index contributed by atoms with van der Waals surface area (Å²) in [6, 6.07) is 0.0454. The normalized spacial score (nSPS) is 18.8. The van der Waals surface area contributed by atoms with Crippen molar-refractivity contribution in [1.82, 2.24) is 25.2 Å². The molecule has 0 saturated carbocycles. The van der Waals surface area contributed by atoms with Crippen LogP contribution >= 0.6 is 0 Å². The first-order chi connectivity index (χ1) is 16.1. The zero-order valence-electron chi connectivity index (χ0n) is 19.7. The number of urea groups is 1. The van der Waals surface area contributed by atoms with Crippen LogP contribution in [0.15, 0.2) is 12.4 Å². The van der Waals surface area contributed by atoms with Crippen LogP contribution in [-0.2, 0) is 9.47 Å². The van der Waals surface area contributed by atoms with Gasteiger partial charge < -0.3 is 29.7 Å². The molecule has 0 unspecified atom stereocenters. The van der Waals surface area contributed by atoms with Crippen LogP contribution in [0.4, 0.5) is 10.7 Å². The number of nitrogens with zero attached hydrogens (tertiary/aromatic N) is 4. The second-order valence-corrected chi connectivity index (χ2v) is 8.72. The van der Waals surface area contributed by atoms with Crippen LogP contribution in [0.2, 0.25) is 0 Å². The number of aromatic nitrogens is 3. The summed E-state index contributed by atoms with van der Waals surface area (Å²) in [7, 11) is 3.34. The summed E-state index contributed by atoms with van der Waals surface area (Å²) in [5.41, 5.74) is 1.93. The number of piperidine rings is 1. The maximum absolute atomic E-state index is 12.0. The quantitative estimate of drug-likeness (QED) is 0.651. The van der Waals surface area contributed by atoms with Crippen molar-refractivity contribution in [2.24, 2.45) is 0 Å². The average molecular weight is 459 g/mol. The summed E-state index contributed by atoms with van der Waals surface area (Å²) in [5.74, 6) is 1.39. The lowest BCUT2D eigenvalue weighted by molar-refractivity contribution is 0.0244. The van der Waals surface area contributed by atoms with Gasteiger partial charge >= 0.3 is 6.03 Å². The molecule has 4 rings (SSSR count). The van der Waals surface area contributed by atoms with E-state index in [9.17, 15) is 4.79 Å². The van der Waals surface area contributed by atoms with E-state index in [1.54, 1.807) is 20.4 Å². The van der Waals surface area contributed by atoms with Gasteiger partial charge in [0.15, 0.2) is 0 Å². The van der Waals surface area contributed by atoms with Crippen molar-refractivity contribution in [2.45, 2.75) is 50.7 Å². The zero-order valence-corrected chi connectivity index (χ0v) is 19.7. The lowest BCUT2D eigenvalue weighted by Crippen LogP contribution is -2.42. The van der Waals surface area contributed by atoms with Crippen LogP contribution in [0, 0.1) is 0 Å². The van der Waals surface area contributed by atoms with Gasteiger partial charge in [-0.05, 0) is 25.7 Å². The average Bonchev–Trinajstić information content (AvgIpc) is 2.84. The summed E-state index contributed by atoms with van der Waals surface area (Å²) in [4.78, 5) is 27.9. The van der Waals surface area contributed by atoms with E-state index in [0.717, 1.165) is 42.1 Å². The molecule has 10 nitrogen and oxygen atoms in total. The minimum absolute atomic E-state index is 0.0300. The van der Waals surface area contributed by atoms with Crippen LogP contribution in [0.25, 0.3) is 10.9 Å². The highest BCUT2D eigenvalue weighted by molar-refractivity contribution is 5.86. The van der Waals surface area contributed by atoms with Crippen molar-refractivity contribution in [3.8, 4) is 5.88 Å². The largest absolute Gasteiger partial charge is 0.474 e. The van der Waals surface area contributed by atoms with Crippen molar-refractivity contribution in [2.75, 3.05) is 52.4 Å². The topological polar surface area (TPSA) is 111 Å². The monoisotopic (exact) mass is 458 g/mol. The van der Waals surface area contributed by atoms with Crippen LogP contribution in [0.1, 0.15) is 44.1 Å². The highest BCUT2D eigenvalue weighted by Crippen LogP contribution is 2.35. The number of carbonyl (C=O) groups is 1. The highest BCUT2D eigenvalue weighted by Gasteiger charge is 2.27. The van der Waals surface area contributed by atoms with E-state index in [4.69, 9.17) is 24.2 Å². The van der Waals surface area contributed by atoms with Crippen LogP contribution in [-0.4, -0.2) is 85.1 Å². The number of nitrogens with one attached hydrogen (secondary N) is 2. The van der Waals surface area contributed by atoms with Crippen molar-refractivity contribution >= 4 is 22.9 Å². The summed E-state index contributed by atoms with van der Waals surface area (Å²) in [6.45, 7) is 5.39. The molecule has 180 valence electrons. The zero-order chi connectivity index (χ0) is 23.2. The molecule has 0 radical (unpaired) electrons. The molecule has 33 heavy (non-hydrogen) atoms. The number of carbonyl (C=O) groups excluding carboxylic acids is 1. The lowest BCUT2D eigenvalue weighted by atomic mass is 9.89. The number of amides is 2. The number of anilines is 1. The molecule has 4 heterocycles. The van der Waals surface area contributed by atoms with E-state index in [1.165, 1.54) is 0 Å². The first kappa shape index (κ1) is 23.4. The van der Waals surface area contributed by atoms with E-state index < -0.39 is 0 Å². The Bertz CT molecular complexity index is 944. The molecule has 2 amide bonds. The number of hydrogen-bond acceptors (Lipinski definition) is 8. The molecule has 0 bridgehead atoms. The number of fused-ring (bicyclic) bond motifs is 1. The molecule has 2 aliphatic heterocycles. The van der Waals surface area contributed by atoms with Gasteiger partial charge in [-0.3, -0.25) is 0 Å². The predicted octanol–water partition coefficient (Wildman–Crippen LogP) is 2.55. The Labute approximate surface area is 194 Å². The molecular formula is C23H34N6O4. The third kappa shape index (κ3) is 5.62. The van der Waals surface area contributed by atoms with Gasteiger partial charge in [-0.15, -0.1) is 0 Å². The molecule has 2 saturated heterocycles. The first-order valence-electron chi connectivity index (χ1n) is 11.7. The Balaban J connectivity index is 1.63. The van der Waals surface area contributed by atoms with Crippen LogP contribution in [0.5, 0.6) is 5.88 Å². The third-order valence-electron chi connectivity index (χ3n) is 6.29. The van der Waals surface area contributed by atoms with Crippen molar-refractivity contribution in [3.63, 3.8) is 0 Å². The second-order valence-electron chi connectivity index (χ2n) is 8.72.